The smallest absolute Gasteiger partial charge is 0.262 e. The van der Waals surface area contributed by atoms with Crippen molar-refractivity contribution in [3.8, 4) is 5.75 Å². The third-order valence-corrected chi connectivity index (χ3v) is 3.64. The summed E-state index contributed by atoms with van der Waals surface area (Å²) >= 11 is 0. The highest BCUT2D eigenvalue weighted by atomic mass is 19.1. The van der Waals surface area contributed by atoms with Crippen molar-refractivity contribution in [1.82, 2.24) is 0 Å². The summed E-state index contributed by atoms with van der Waals surface area (Å²) in [5, 5.41) is 5.32. The van der Waals surface area contributed by atoms with Gasteiger partial charge in [0.2, 0.25) is 0 Å². The van der Waals surface area contributed by atoms with Gasteiger partial charge in [-0.2, -0.15) is 0 Å². The van der Waals surface area contributed by atoms with E-state index in [1.54, 1.807) is 42.5 Å². The van der Waals surface area contributed by atoms with Crippen LogP contribution in [0.2, 0.25) is 0 Å². The molecule has 5 nitrogen and oxygen atoms in total. The lowest BCUT2D eigenvalue weighted by atomic mass is 10.2. The minimum atomic E-state index is -0.597. The van der Waals surface area contributed by atoms with Gasteiger partial charge in [-0.15, -0.1) is 0 Å². The van der Waals surface area contributed by atoms with Crippen molar-refractivity contribution < 1.29 is 18.7 Å². The first-order valence-corrected chi connectivity index (χ1v) is 8.25. The lowest BCUT2D eigenvalue weighted by Gasteiger charge is -2.10. The molecule has 6 heteroatoms. The second-order valence-corrected chi connectivity index (χ2v) is 5.66. The Morgan fingerprint density at radius 1 is 0.815 bits per heavy atom. The van der Waals surface area contributed by atoms with E-state index >= 15 is 0 Å². The van der Waals surface area contributed by atoms with Crippen LogP contribution in [-0.4, -0.2) is 18.4 Å². The Morgan fingerprint density at radius 3 is 2.30 bits per heavy atom. The van der Waals surface area contributed by atoms with Crippen molar-refractivity contribution in [2.75, 3.05) is 17.2 Å². The van der Waals surface area contributed by atoms with Crippen LogP contribution in [0.25, 0.3) is 0 Å². The first-order chi connectivity index (χ1) is 13.1. The normalized spacial score (nSPS) is 10.1. The van der Waals surface area contributed by atoms with E-state index in [1.165, 1.54) is 18.2 Å². The summed E-state index contributed by atoms with van der Waals surface area (Å²) in [5.74, 6) is -1.06. The first-order valence-electron chi connectivity index (χ1n) is 8.25. The largest absolute Gasteiger partial charge is 0.484 e. The SMILES string of the molecule is O=C(COc1cccc(NC(=O)c2ccccc2F)c1)Nc1ccccc1. The molecule has 0 bridgehead atoms. The fraction of sp³-hybridized carbons (Fsp3) is 0.0476. The summed E-state index contributed by atoms with van der Waals surface area (Å²) in [4.78, 5) is 24.1. The topological polar surface area (TPSA) is 67.4 Å². The van der Waals surface area contributed by atoms with Gasteiger partial charge in [0.05, 0.1) is 5.56 Å². The lowest BCUT2D eigenvalue weighted by molar-refractivity contribution is -0.118. The molecule has 0 unspecified atom stereocenters. The van der Waals surface area contributed by atoms with E-state index in [-0.39, 0.29) is 18.1 Å². The van der Waals surface area contributed by atoms with Crippen molar-refractivity contribution in [3.63, 3.8) is 0 Å². The maximum Gasteiger partial charge on any atom is 0.262 e. The molecular weight excluding hydrogens is 347 g/mol. The summed E-state index contributed by atoms with van der Waals surface area (Å²) in [7, 11) is 0. The summed E-state index contributed by atoms with van der Waals surface area (Å²) < 4.78 is 19.1. The molecule has 2 N–H and O–H groups in total. The number of carbonyl (C=O) groups excluding carboxylic acids is 2. The molecule has 0 saturated carbocycles. The van der Waals surface area contributed by atoms with Gasteiger partial charge in [0.1, 0.15) is 11.6 Å². The highest BCUT2D eigenvalue weighted by Crippen LogP contribution is 2.19. The zero-order valence-corrected chi connectivity index (χ0v) is 14.3. The number of nitrogens with one attached hydrogen (secondary N) is 2. The van der Waals surface area contributed by atoms with Gasteiger partial charge in [-0.25, -0.2) is 4.39 Å². The third kappa shape index (κ3) is 5.15. The maximum atomic E-state index is 13.7. The molecule has 0 aliphatic heterocycles. The fourth-order valence-corrected chi connectivity index (χ4v) is 2.37. The van der Waals surface area contributed by atoms with Crippen molar-refractivity contribution in [3.05, 3.63) is 90.2 Å². The fourth-order valence-electron chi connectivity index (χ4n) is 2.37. The van der Waals surface area contributed by atoms with Gasteiger partial charge >= 0.3 is 0 Å². The number of carbonyl (C=O) groups is 2. The molecule has 0 aromatic heterocycles. The van der Waals surface area contributed by atoms with Crippen LogP contribution in [0.5, 0.6) is 5.75 Å². The molecule has 0 aliphatic rings. The number of rotatable bonds is 6. The maximum absolute atomic E-state index is 13.7. The highest BCUT2D eigenvalue weighted by molar-refractivity contribution is 6.04. The number of anilines is 2. The molecule has 0 saturated heterocycles. The van der Waals surface area contributed by atoms with Crippen molar-refractivity contribution in [1.29, 1.82) is 0 Å². The Labute approximate surface area is 155 Å². The Morgan fingerprint density at radius 2 is 1.52 bits per heavy atom. The molecule has 0 atom stereocenters. The monoisotopic (exact) mass is 364 g/mol. The zero-order chi connectivity index (χ0) is 19.1. The van der Waals surface area contributed by atoms with Crippen LogP contribution in [0, 0.1) is 5.82 Å². The predicted octanol–water partition coefficient (Wildman–Crippen LogP) is 4.10. The van der Waals surface area contributed by atoms with Crippen LogP contribution in [0.3, 0.4) is 0 Å². The molecule has 3 rings (SSSR count). The van der Waals surface area contributed by atoms with Gasteiger partial charge in [0.15, 0.2) is 6.61 Å². The Bertz CT molecular complexity index is 945. The van der Waals surface area contributed by atoms with E-state index in [2.05, 4.69) is 10.6 Å². The Hall–Kier alpha value is -3.67. The van der Waals surface area contributed by atoms with Gasteiger partial charge in [0.25, 0.3) is 11.8 Å². The molecule has 2 amide bonds. The minimum Gasteiger partial charge on any atom is -0.484 e. The standard InChI is InChI=1S/C21H17FN2O3/c22-19-12-5-4-11-18(19)21(26)24-16-9-6-10-17(13-16)27-14-20(25)23-15-7-2-1-3-8-15/h1-13H,14H2,(H,23,25)(H,24,26). The predicted molar refractivity (Wildman–Crippen MR) is 101 cm³/mol. The highest BCUT2D eigenvalue weighted by Gasteiger charge is 2.11. The average Bonchev–Trinajstić information content (AvgIpc) is 2.68. The first kappa shape index (κ1) is 18.1. The molecule has 0 heterocycles. The number of para-hydroxylation sites is 1. The Balaban J connectivity index is 1.58. The summed E-state index contributed by atoms with van der Waals surface area (Å²) in [6.07, 6.45) is 0. The molecule has 0 aliphatic carbocycles. The van der Waals surface area contributed by atoms with E-state index in [1.807, 2.05) is 18.2 Å². The van der Waals surface area contributed by atoms with Gasteiger partial charge in [0, 0.05) is 17.4 Å². The van der Waals surface area contributed by atoms with Gasteiger partial charge < -0.3 is 15.4 Å². The molecule has 136 valence electrons. The van der Waals surface area contributed by atoms with Gasteiger partial charge in [-0.1, -0.05) is 36.4 Å². The Kier molecular flexibility index (Phi) is 5.79. The average molecular weight is 364 g/mol. The number of halogens is 1. The zero-order valence-electron chi connectivity index (χ0n) is 14.3. The molecule has 0 radical (unpaired) electrons. The van der Waals surface area contributed by atoms with Gasteiger partial charge in [-0.05, 0) is 36.4 Å². The summed E-state index contributed by atoms with van der Waals surface area (Å²) in [6.45, 7) is -0.181. The second kappa shape index (κ2) is 8.62. The molecule has 0 fully saturated rings. The van der Waals surface area contributed by atoms with Crippen molar-refractivity contribution in [2.45, 2.75) is 0 Å². The van der Waals surface area contributed by atoms with E-state index in [0.29, 0.717) is 17.1 Å². The molecular formula is C21H17FN2O3. The number of amides is 2. The number of hydrogen-bond acceptors (Lipinski definition) is 3. The van der Waals surface area contributed by atoms with Gasteiger partial charge in [-0.3, -0.25) is 9.59 Å². The molecule has 0 spiro atoms. The molecule has 3 aromatic carbocycles. The van der Waals surface area contributed by atoms with Crippen molar-refractivity contribution >= 4 is 23.2 Å². The van der Waals surface area contributed by atoms with Crippen molar-refractivity contribution in [2.24, 2.45) is 0 Å². The minimum absolute atomic E-state index is 0.0499. The van der Waals surface area contributed by atoms with E-state index in [4.69, 9.17) is 4.74 Å². The van der Waals surface area contributed by atoms with Crippen LogP contribution in [-0.2, 0) is 4.79 Å². The number of hydrogen-bond donors (Lipinski definition) is 2. The van der Waals surface area contributed by atoms with E-state index in [9.17, 15) is 14.0 Å². The van der Waals surface area contributed by atoms with Crippen LogP contribution >= 0.6 is 0 Å². The quantitative estimate of drug-likeness (QED) is 0.692. The summed E-state index contributed by atoms with van der Waals surface area (Å²) in [5.41, 5.74) is 1.06. The van der Waals surface area contributed by atoms with E-state index in [0.717, 1.165) is 0 Å². The second-order valence-electron chi connectivity index (χ2n) is 5.66. The van der Waals surface area contributed by atoms with Crippen LogP contribution in [0.1, 0.15) is 10.4 Å². The van der Waals surface area contributed by atoms with Crippen LogP contribution < -0.4 is 15.4 Å². The molecule has 27 heavy (non-hydrogen) atoms. The van der Waals surface area contributed by atoms with Crippen LogP contribution in [0.15, 0.2) is 78.9 Å². The number of benzene rings is 3. The van der Waals surface area contributed by atoms with E-state index < -0.39 is 11.7 Å². The lowest BCUT2D eigenvalue weighted by Crippen LogP contribution is -2.20. The van der Waals surface area contributed by atoms with Crippen LogP contribution in [0.4, 0.5) is 15.8 Å². The number of ether oxygens (including phenoxy) is 1. The summed E-state index contributed by atoms with van der Waals surface area (Å²) in [6, 6.07) is 21.3. The third-order valence-electron chi connectivity index (χ3n) is 3.64. The molecule has 3 aromatic rings.